The first-order valence-corrected chi connectivity index (χ1v) is 14.4. The minimum atomic E-state index is -1.10. The van der Waals surface area contributed by atoms with Gasteiger partial charge in [-0.1, -0.05) is 121 Å². The first-order chi connectivity index (χ1) is 18.1. The van der Waals surface area contributed by atoms with Crippen LogP contribution in [0.3, 0.4) is 0 Å². The highest BCUT2D eigenvalue weighted by molar-refractivity contribution is 6.02. The van der Waals surface area contributed by atoms with E-state index in [-0.39, 0.29) is 0 Å². The van der Waals surface area contributed by atoms with Crippen molar-refractivity contribution >= 4 is 33.5 Å². The van der Waals surface area contributed by atoms with Crippen LogP contribution in [0.25, 0.3) is 21.5 Å². The summed E-state index contributed by atoms with van der Waals surface area (Å²) in [5.41, 5.74) is 0.384. The summed E-state index contributed by atoms with van der Waals surface area (Å²) < 4.78 is 5.41. The first-order valence-electron chi connectivity index (χ1n) is 14.4. The van der Waals surface area contributed by atoms with Gasteiger partial charge in [0, 0.05) is 0 Å². The van der Waals surface area contributed by atoms with Crippen LogP contribution in [0.2, 0.25) is 0 Å². The van der Waals surface area contributed by atoms with Crippen molar-refractivity contribution in [3.05, 3.63) is 60.2 Å². The number of carbonyl (C=O) groups excluding carboxylic acids is 1. The summed E-state index contributed by atoms with van der Waals surface area (Å²) in [4.78, 5) is 24.4. The molecule has 1 atom stereocenters. The van der Waals surface area contributed by atoms with E-state index in [0.717, 1.165) is 40.8 Å². The van der Waals surface area contributed by atoms with E-state index in [1.807, 2.05) is 30.3 Å². The first kappa shape index (κ1) is 28.7. The third-order valence-electron chi connectivity index (χ3n) is 7.29. The van der Waals surface area contributed by atoms with Gasteiger partial charge in [0.25, 0.3) is 0 Å². The fourth-order valence-electron chi connectivity index (χ4n) is 5.02. The fraction of sp³-hybridized carbons (Fsp3) is 0.515. The lowest BCUT2D eigenvalue weighted by Crippen LogP contribution is -2.27. The molecule has 0 aromatic heterocycles. The van der Waals surface area contributed by atoms with Crippen molar-refractivity contribution in [1.82, 2.24) is 0 Å². The molecule has 3 rings (SSSR count). The van der Waals surface area contributed by atoms with Gasteiger partial charge in [-0.05, 0) is 58.7 Å². The molecular formula is C33H44O4. The second-order valence-corrected chi connectivity index (χ2v) is 10.4. The maximum Gasteiger partial charge on any atom is 0.345 e. The van der Waals surface area contributed by atoms with Crippen molar-refractivity contribution in [3.8, 4) is 0 Å². The Hall–Kier alpha value is -2.88. The molecule has 0 aliphatic carbocycles. The summed E-state index contributed by atoms with van der Waals surface area (Å²) >= 11 is 0. The number of carboxylic acid groups (broad SMARTS) is 1. The fourth-order valence-corrected chi connectivity index (χ4v) is 5.02. The summed E-state index contributed by atoms with van der Waals surface area (Å²) in [5.74, 6) is -1.65. The number of unbranched alkanes of at least 4 members (excludes halogenated alkanes) is 13. The van der Waals surface area contributed by atoms with Crippen molar-refractivity contribution in [2.45, 2.75) is 109 Å². The minimum absolute atomic E-state index is 0.358. The normalized spacial score (nSPS) is 12.1. The molecule has 0 saturated carbocycles. The van der Waals surface area contributed by atoms with E-state index in [1.165, 1.54) is 70.6 Å². The second kappa shape index (κ2) is 16.1. The predicted octanol–water partition coefficient (Wildman–Crippen LogP) is 9.47. The van der Waals surface area contributed by atoms with Crippen molar-refractivity contribution in [3.63, 3.8) is 0 Å². The summed E-state index contributed by atoms with van der Waals surface area (Å²) in [6.45, 7) is 2.26. The van der Waals surface area contributed by atoms with Gasteiger partial charge in [-0.15, -0.1) is 0 Å². The highest BCUT2D eigenvalue weighted by Gasteiger charge is 2.22. The van der Waals surface area contributed by atoms with Crippen LogP contribution in [0.4, 0.5) is 0 Å². The lowest BCUT2D eigenvalue weighted by Gasteiger charge is -2.14. The van der Waals surface area contributed by atoms with E-state index in [4.69, 9.17) is 4.74 Å². The molecule has 4 heteroatoms. The molecule has 37 heavy (non-hydrogen) atoms. The minimum Gasteiger partial charge on any atom is -0.479 e. The zero-order valence-electron chi connectivity index (χ0n) is 22.6. The van der Waals surface area contributed by atoms with Gasteiger partial charge >= 0.3 is 11.9 Å². The third kappa shape index (κ3) is 9.83. The molecule has 0 fully saturated rings. The van der Waals surface area contributed by atoms with Gasteiger partial charge in [-0.25, -0.2) is 9.59 Å². The molecule has 0 heterocycles. The lowest BCUT2D eigenvalue weighted by molar-refractivity contribution is -0.147. The van der Waals surface area contributed by atoms with E-state index >= 15 is 0 Å². The standard InChI is InChI=1S/C33H44O4/c1-2-3-4-5-6-7-8-9-10-11-12-13-14-15-20-31(32(34)35)37-33(36)29-22-21-28-23-26-18-16-17-19-27(26)24-30(28)25-29/h16-19,21-25,31H,2-15,20H2,1H3,(H,34,35). The van der Waals surface area contributed by atoms with E-state index in [0.29, 0.717) is 12.0 Å². The van der Waals surface area contributed by atoms with Crippen molar-refractivity contribution in [2.75, 3.05) is 0 Å². The van der Waals surface area contributed by atoms with Gasteiger partial charge in [0.2, 0.25) is 0 Å². The molecule has 0 saturated heterocycles. The number of ether oxygens (including phenoxy) is 1. The third-order valence-corrected chi connectivity index (χ3v) is 7.29. The highest BCUT2D eigenvalue weighted by atomic mass is 16.6. The Morgan fingerprint density at radius 2 is 1.14 bits per heavy atom. The number of rotatable bonds is 18. The molecular weight excluding hydrogens is 460 g/mol. The predicted molar refractivity (Wildman–Crippen MR) is 153 cm³/mol. The molecule has 4 nitrogen and oxygen atoms in total. The van der Waals surface area contributed by atoms with Crippen LogP contribution in [0, 0.1) is 0 Å². The molecule has 3 aromatic carbocycles. The van der Waals surface area contributed by atoms with Gasteiger partial charge in [0.05, 0.1) is 5.56 Å². The summed E-state index contributed by atoms with van der Waals surface area (Å²) in [7, 11) is 0. The quantitative estimate of drug-likeness (QED) is 0.106. The molecule has 0 bridgehead atoms. The molecule has 1 N–H and O–H groups in total. The summed E-state index contributed by atoms with van der Waals surface area (Å²) in [5, 5.41) is 13.8. The SMILES string of the molecule is CCCCCCCCCCCCCCCCC(OC(=O)c1ccc2cc3ccccc3cc2c1)C(=O)O. The van der Waals surface area contributed by atoms with Gasteiger partial charge < -0.3 is 9.84 Å². The maximum atomic E-state index is 12.7. The average molecular weight is 505 g/mol. The zero-order valence-corrected chi connectivity index (χ0v) is 22.6. The molecule has 1 unspecified atom stereocenters. The van der Waals surface area contributed by atoms with Crippen LogP contribution in [-0.2, 0) is 9.53 Å². The lowest BCUT2D eigenvalue weighted by atomic mass is 10.0. The van der Waals surface area contributed by atoms with E-state index in [9.17, 15) is 14.7 Å². The van der Waals surface area contributed by atoms with Crippen LogP contribution in [-0.4, -0.2) is 23.1 Å². The Morgan fingerprint density at radius 3 is 1.68 bits per heavy atom. The Bertz CT molecular complexity index is 1120. The Labute approximate surface area is 222 Å². The van der Waals surface area contributed by atoms with Gasteiger partial charge in [-0.3, -0.25) is 0 Å². The highest BCUT2D eigenvalue weighted by Crippen LogP contribution is 2.24. The van der Waals surface area contributed by atoms with Crippen LogP contribution in [0.1, 0.15) is 114 Å². The number of hydrogen-bond acceptors (Lipinski definition) is 3. The summed E-state index contributed by atoms with van der Waals surface area (Å²) in [6, 6.07) is 17.6. The maximum absolute atomic E-state index is 12.7. The molecule has 0 aliphatic heterocycles. The molecule has 0 amide bonds. The number of fused-ring (bicyclic) bond motifs is 2. The zero-order chi connectivity index (χ0) is 26.3. The van der Waals surface area contributed by atoms with E-state index in [2.05, 4.69) is 19.1 Å². The van der Waals surface area contributed by atoms with Gasteiger partial charge in [0.1, 0.15) is 0 Å². The number of benzene rings is 3. The number of aliphatic carboxylic acids is 1. The molecule has 0 aliphatic rings. The smallest absolute Gasteiger partial charge is 0.345 e. The van der Waals surface area contributed by atoms with Crippen molar-refractivity contribution in [2.24, 2.45) is 0 Å². The summed E-state index contributed by atoms with van der Waals surface area (Å²) in [6.07, 6.45) is 16.7. The number of hydrogen-bond donors (Lipinski definition) is 1. The number of carboxylic acids is 1. The van der Waals surface area contributed by atoms with Crippen molar-refractivity contribution < 1.29 is 19.4 Å². The molecule has 0 radical (unpaired) electrons. The molecule has 0 spiro atoms. The monoisotopic (exact) mass is 504 g/mol. The Kier molecular flexibility index (Phi) is 12.5. The Balaban J connectivity index is 1.34. The van der Waals surface area contributed by atoms with Crippen LogP contribution < -0.4 is 0 Å². The van der Waals surface area contributed by atoms with Gasteiger partial charge in [0.15, 0.2) is 6.10 Å². The molecule has 3 aromatic rings. The largest absolute Gasteiger partial charge is 0.479 e. The second-order valence-electron chi connectivity index (χ2n) is 10.4. The van der Waals surface area contributed by atoms with Crippen LogP contribution in [0.5, 0.6) is 0 Å². The van der Waals surface area contributed by atoms with E-state index < -0.39 is 18.0 Å². The Morgan fingerprint density at radius 1 is 0.649 bits per heavy atom. The van der Waals surface area contributed by atoms with Gasteiger partial charge in [-0.2, -0.15) is 0 Å². The number of carbonyl (C=O) groups is 2. The van der Waals surface area contributed by atoms with Crippen LogP contribution in [0.15, 0.2) is 54.6 Å². The van der Waals surface area contributed by atoms with E-state index in [1.54, 1.807) is 12.1 Å². The van der Waals surface area contributed by atoms with Crippen molar-refractivity contribution in [1.29, 1.82) is 0 Å². The average Bonchev–Trinajstić information content (AvgIpc) is 2.90. The number of esters is 1. The topological polar surface area (TPSA) is 63.6 Å². The van der Waals surface area contributed by atoms with Crippen LogP contribution >= 0.6 is 0 Å². The molecule has 200 valence electrons.